The molecule has 1 aromatic rings. The summed E-state index contributed by atoms with van der Waals surface area (Å²) >= 11 is -0.978. The van der Waals surface area contributed by atoms with Crippen molar-refractivity contribution in [2.75, 3.05) is 6.54 Å². The molecule has 2 rings (SSSR count). The van der Waals surface area contributed by atoms with Crippen LogP contribution in [0.4, 0.5) is 0 Å². The molecule has 0 amide bonds. The lowest BCUT2D eigenvalue weighted by Crippen LogP contribution is -2.42. The van der Waals surface area contributed by atoms with Crippen molar-refractivity contribution in [1.82, 2.24) is 4.31 Å². The highest BCUT2D eigenvalue weighted by Gasteiger charge is 2.40. The summed E-state index contributed by atoms with van der Waals surface area (Å²) in [7, 11) is 0. The molecule has 1 fully saturated rings. The van der Waals surface area contributed by atoms with Crippen LogP contribution in [0.15, 0.2) is 24.3 Å². The first-order chi connectivity index (χ1) is 8.39. The largest absolute Gasteiger partial charge is 0.597 e. The molecule has 0 aliphatic carbocycles. The Labute approximate surface area is 112 Å². The molecule has 3 nitrogen and oxygen atoms in total. The second-order valence-corrected chi connectivity index (χ2v) is 7.94. The van der Waals surface area contributed by atoms with Crippen LogP contribution in [-0.4, -0.2) is 25.3 Å². The fraction of sp³-hybridized carbons (Fsp3) is 0.571. The van der Waals surface area contributed by atoms with Crippen molar-refractivity contribution in [3.8, 4) is 5.75 Å². The van der Waals surface area contributed by atoms with Crippen LogP contribution in [0, 0.1) is 0 Å². The Balaban J connectivity index is 2.20. The van der Waals surface area contributed by atoms with E-state index in [1.54, 1.807) is 12.1 Å². The number of phenols is 1. The molecule has 1 aromatic carbocycles. The van der Waals surface area contributed by atoms with Gasteiger partial charge in [-0.1, -0.05) is 12.1 Å². The van der Waals surface area contributed by atoms with Crippen LogP contribution in [0.25, 0.3) is 0 Å². The van der Waals surface area contributed by atoms with Crippen molar-refractivity contribution in [1.29, 1.82) is 0 Å². The maximum atomic E-state index is 12.5. The van der Waals surface area contributed by atoms with Gasteiger partial charge in [0.05, 0.1) is 6.04 Å². The second kappa shape index (κ2) is 5.11. The summed E-state index contributed by atoms with van der Waals surface area (Å²) in [5, 5.41) is 9.33. The van der Waals surface area contributed by atoms with Crippen LogP contribution in [0.5, 0.6) is 5.75 Å². The van der Waals surface area contributed by atoms with E-state index in [2.05, 4.69) is 4.31 Å². The zero-order valence-corrected chi connectivity index (χ0v) is 12.0. The van der Waals surface area contributed by atoms with Crippen molar-refractivity contribution in [2.45, 2.75) is 44.4 Å². The van der Waals surface area contributed by atoms with Gasteiger partial charge in [0.1, 0.15) is 10.5 Å². The lowest BCUT2D eigenvalue weighted by Gasteiger charge is -2.33. The van der Waals surface area contributed by atoms with Gasteiger partial charge in [-0.15, -0.1) is 4.31 Å². The molecule has 1 heterocycles. The Morgan fingerprint density at radius 3 is 2.44 bits per heavy atom. The van der Waals surface area contributed by atoms with Crippen LogP contribution in [-0.2, 0) is 11.4 Å². The molecule has 1 aliphatic heterocycles. The van der Waals surface area contributed by atoms with Crippen LogP contribution in [0.3, 0.4) is 0 Å². The summed E-state index contributed by atoms with van der Waals surface area (Å²) in [5.74, 6) is 0.278. The Kier molecular flexibility index (Phi) is 3.90. The smallest absolute Gasteiger partial charge is 0.137 e. The Morgan fingerprint density at radius 1 is 1.28 bits per heavy atom. The first-order valence-electron chi connectivity index (χ1n) is 6.37. The fourth-order valence-corrected chi connectivity index (χ4v) is 3.78. The summed E-state index contributed by atoms with van der Waals surface area (Å²) in [6.45, 7) is 6.91. The molecular weight excluding hydrogens is 246 g/mol. The average Bonchev–Trinajstić information content (AvgIpc) is 2.76. The van der Waals surface area contributed by atoms with Crippen LogP contribution < -0.4 is 0 Å². The lowest BCUT2D eigenvalue weighted by atomic mass is 10.1. The maximum Gasteiger partial charge on any atom is 0.137 e. The van der Waals surface area contributed by atoms with E-state index < -0.39 is 11.4 Å². The molecule has 4 heteroatoms. The van der Waals surface area contributed by atoms with Gasteiger partial charge in [-0.05, 0) is 51.3 Å². The molecule has 0 radical (unpaired) electrons. The number of nitrogens with zero attached hydrogens (tertiary/aromatic N) is 1. The van der Waals surface area contributed by atoms with E-state index in [1.165, 1.54) is 0 Å². The molecule has 0 bridgehead atoms. The average molecular weight is 267 g/mol. The molecule has 0 spiro atoms. The van der Waals surface area contributed by atoms with Gasteiger partial charge in [-0.3, -0.25) is 0 Å². The van der Waals surface area contributed by atoms with E-state index in [-0.39, 0.29) is 16.5 Å². The standard InChI is InChI=1S/C14H21NO2S/c1-14(2,3)18(17)15-10-4-5-13(15)11-6-8-12(16)9-7-11/h6-9,13,16H,4-5,10H2,1-3H3/t13-,18-/m0/s1. The van der Waals surface area contributed by atoms with E-state index in [1.807, 2.05) is 32.9 Å². The van der Waals surface area contributed by atoms with Crippen molar-refractivity contribution < 1.29 is 9.66 Å². The van der Waals surface area contributed by atoms with Gasteiger partial charge in [-0.25, -0.2) is 0 Å². The molecule has 2 atom stereocenters. The number of phenolic OH excluding ortho intramolecular Hbond substituents is 1. The fourth-order valence-electron chi connectivity index (χ4n) is 2.32. The minimum atomic E-state index is -0.978. The lowest BCUT2D eigenvalue weighted by molar-refractivity contribution is 0.380. The van der Waals surface area contributed by atoms with Crippen molar-refractivity contribution in [3.05, 3.63) is 29.8 Å². The molecule has 0 unspecified atom stereocenters. The highest BCUT2D eigenvalue weighted by atomic mass is 32.2. The van der Waals surface area contributed by atoms with E-state index in [0.29, 0.717) is 0 Å². The highest BCUT2D eigenvalue weighted by Crippen LogP contribution is 2.37. The summed E-state index contributed by atoms with van der Waals surface area (Å²) < 4.78 is 14.4. The minimum absolute atomic E-state index is 0.214. The molecule has 1 N–H and O–H groups in total. The zero-order chi connectivity index (χ0) is 13.3. The molecule has 18 heavy (non-hydrogen) atoms. The van der Waals surface area contributed by atoms with Gasteiger partial charge in [0.15, 0.2) is 0 Å². The minimum Gasteiger partial charge on any atom is -0.597 e. The van der Waals surface area contributed by atoms with Crippen molar-refractivity contribution in [3.63, 3.8) is 0 Å². The quantitative estimate of drug-likeness (QED) is 0.838. The second-order valence-electron chi connectivity index (χ2n) is 5.75. The SMILES string of the molecule is CC(C)(C)[S@+]([O-])N1CCC[C@H]1c1ccc(O)cc1. The monoisotopic (exact) mass is 267 g/mol. The maximum absolute atomic E-state index is 12.5. The Morgan fingerprint density at radius 2 is 1.89 bits per heavy atom. The molecule has 1 saturated heterocycles. The van der Waals surface area contributed by atoms with Gasteiger partial charge >= 0.3 is 0 Å². The Hall–Kier alpha value is -0.710. The zero-order valence-electron chi connectivity index (χ0n) is 11.2. The van der Waals surface area contributed by atoms with Crippen LogP contribution in [0.1, 0.15) is 45.2 Å². The predicted octanol–water partition coefficient (Wildman–Crippen LogP) is 2.99. The number of rotatable bonds is 2. The molecule has 0 saturated carbocycles. The van der Waals surface area contributed by atoms with E-state index in [4.69, 9.17) is 0 Å². The number of hydrogen-bond donors (Lipinski definition) is 1. The highest BCUT2D eigenvalue weighted by molar-refractivity contribution is 7.90. The summed E-state index contributed by atoms with van der Waals surface area (Å²) in [5.41, 5.74) is 1.14. The van der Waals surface area contributed by atoms with Gasteiger partial charge in [0.2, 0.25) is 0 Å². The molecule has 1 aliphatic rings. The third kappa shape index (κ3) is 2.82. The third-order valence-corrected chi connectivity index (χ3v) is 5.13. The van der Waals surface area contributed by atoms with E-state index in [9.17, 15) is 9.66 Å². The molecular formula is C14H21NO2S. The van der Waals surface area contributed by atoms with Crippen LogP contribution >= 0.6 is 0 Å². The number of hydrogen-bond acceptors (Lipinski definition) is 3. The first-order valence-corrected chi connectivity index (χ1v) is 7.48. The summed E-state index contributed by atoms with van der Waals surface area (Å²) in [6, 6.07) is 7.47. The number of aromatic hydroxyl groups is 1. The van der Waals surface area contributed by atoms with Gasteiger partial charge in [0.25, 0.3) is 0 Å². The predicted molar refractivity (Wildman–Crippen MR) is 74.7 cm³/mol. The van der Waals surface area contributed by atoms with E-state index in [0.717, 1.165) is 24.9 Å². The van der Waals surface area contributed by atoms with Crippen molar-refractivity contribution >= 4 is 11.4 Å². The first kappa shape index (κ1) is 13.7. The third-order valence-electron chi connectivity index (χ3n) is 3.22. The number of benzene rings is 1. The summed E-state index contributed by atoms with van der Waals surface area (Å²) in [6.07, 6.45) is 2.11. The summed E-state index contributed by atoms with van der Waals surface area (Å²) in [4.78, 5) is 0. The molecule has 0 aromatic heterocycles. The molecule has 100 valence electrons. The Bertz CT molecular complexity index is 399. The van der Waals surface area contributed by atoms with Gasteiger partial charge in [-0.2, -0.15) is 0 Å². The van der Waals surface area contributed by atoms with Crippen LogP contribution in [0.2, 0.25) is 0 Å². The van der Waals surface area contributed by atoms with Crippen molar-refractivity contribution in [2.24, 2.45) is 0 Å². The van der Waals surface area contributed by atoms with E-state index >= 15 is 0 Å². The normalized spacial score (nSPS) is 23.2. The van der Waals surface area contributed by atoms with Gasteiger partial charge in [0, 0.05) is 17.9 Å². The van der Waals surface area contributed by atoms with Gasteiger partial charge < -0.3 is 9.66 Å². The topological polar surface area (TPSA) is 46.5 Å².